The molecule has 2 N–H and O–H groups in total. The maximum absolute atomic E-state index is 13.1. The number of carboxylic acid groups (broad SMARTS) is 1. The van der Waals surface area contributed by atoms with E-state index >= 15 is 0 Å². The van der Waals surface area contributed by atoms with Crippen LogP contribution < -0.4 is 5.32 Å². The fourth-order valence-electron chi connectivity index (χ4n) is 3.72. The number of morpholine rings is 1. The largest absolute Gasteiger partial charge is 0.509 e. The molecule has 3 heterocycles. The summed E-state index contributed by atoms with van der Waals surface area (Å²) in [4.78, 5) is 46.2. The minimum Gasteiger partial charge on any atom is -0.483 e. The highest BCUT2D eigenvalue weighted by Crippen LogP contribution is 2.34. The monoisotopic (exact) mass is 440 g/mol. The van der Waals surface area contributed by atoms with Gasteiger partial charge in [0.2, 0.25) is 5.91 Å². The lowest BCUT2D eigenvalue weighted by Crippen LogP contribution is -2.56. The van der Waals surface area contributed by atoms with E-state index in [-0.39, 0.29) is 31.5 Å². The molecular weight excluding hydrogens is 420 g/mol. The predicted molar refractivity (Wildman–Crippen MR) is 102 cm³/mol. The zero-order valence-corrected chi connectivity index (χ0v) is 16.7. The number of nitrogens with zero attached hydrogens (tertiary/aromatic N) is 1. The summed E-state index contributed by atoms with van der Waals surface area (Å²) in [6.07, 6.45) is -0.522. The van der Waals surface area contributed by atoms with E-state index in [1.54, 1.807) is 29.2 Å². The van der Waals surface area contributed by atoms with Crippen molar-refractivity contribution in [1.82, 2.24) is 10.2 Å². The smallest absolute Gasteiger partial charge is 0.483 e. The number of halogens is 1. The molecule has 3 aliphatic rings. The lowest BCUT2D eigenvalue weighted by molar-refractivity contribution is -0.157. The van der Waals surface area contributed by atoms with Crippen LogP contribution in [0.2, 0.25) is 5.02 Å². The molecule has 0 unspecified atom stereocenters. The molecule has 1 aromatic carbocycles. The molecule has 0 bridgehead atoms. The van der Waals surface area contributed by atoms with Crippen LogP contribution in [0.5, 0.6) is 0 Å². The highest BCUT2D eigenvalue weighted by atomic mass is 35.5. The molecule has 2 atom stereocenters. The van der Waals surface area contributed by atoms with Gasteiger partial charge in [0.05, 0.1) is 6.04 Å². The van der Waals surface area contributed by atoms with Crippen LogP contribution >= 0.6 is 11.6 Å². The molecule has 0 radical (unpaired) electrons. The zero-order chi connectivity index (χ0) is 21.7. The molecule has 3 saturated heterocycles. The van der Waals surface area contributed by atoms with Crippen molar-refractivity contribution in [1.29, 1.82) is 0 Å². The van der Waals surface area contributed by atoms with Gasteiger partial charge in [0.15, 0.2) is 11.7 Å². The first-order chi connectivity index (χ1) is 14.4. The second-order valence-corrected chi connectivity index (χ2v) is 7.46. The minimum atomic E-state index is -0.862. The number of carbonyl (C=O) groups is 4. The molecule has 11 heteroatoms. The molecule has 3 fully saturated rings. The Labute approximate surface area is 177 Å². The average molecular weight is 441 g/mol. The lowest BCUT2D eigenvalue weighted by atomic mass is 9.91. The Balaban J connectivity index is 0.000000806. The van der Waals surface area contributed by atoms with Gasteiger partial charge in [-0.2, -0.15) is 0 Å². The van der Waals surface area contributed by atoms with Crippen LogP contribution in [0.4, 0.5) is 4.79 Å². The molecule has 0 aliphatic carbocycles. The molecule has 1 aromatic rings. The van der Waals surface area contributed by atoms with Gasteiger partial charge in [-0.05, 0) is 11.6 Å². The van der Waals surface area contributed by atoms with Crippen molar-refractivity contribution < 1.29 is 38.5 Å². The first kappa shape index (κ1) is 21.8. The number of nitrogens with one attached hydrogen (secondary N) is 1. The molecule has 1 spiro atoms. The topological polar surface area (TPSA) is 131 Å². The molecule has 2 amide bonds. The second-order valence-electron chi connectivity index (χ2n) is 7.05. The van der Waals surface area contributed by atoms with Crippen molar-refractivity contribution in [2.45, 2.75) is 30.6 Å². The van der Waals surface area contributed by atoms with Gasteiger partial charge in [-0.15, -0.1) is 0 Å². The van der Waals surface area contributed by atoms with E-state index in [2.05, 4.69) is 5.32 Å². The van der Waals surface area contributed by atoms with Crippen LogP contribution in [0.3, 0.4) is 0 Å². The van der Waals surface area contributed by atoms with E-state index in [0.29, 0.717) is 36.5 Å². The number of likely N-dealkylation sites (tertiary alicyclic amines) is 1. The standard InChI is InChI=1S/C18H19ClN2O6.CH2O2/c19-12-4-2-1-3-11(12)14-15(25-9-13(22)20-14)16(23)21-7-5-18(6-8-21)10-26-17(24)27-18;2-1-3/h1-4,14-15H,5-10H2,(H,20,22);1H,(H,2,3)/t14-,15+;/m1./s1. The SMILES string of the molecule is O=C1CO[C@H](C(=O)N2CCC3(CC2)COC(=O)O3)[C@@H](c2ccccc2Cl)N1.O=CO. The summed E-state index contributed by atoms with van der Waals surface area (Å²) in [6.45, 7) is 0.615. The number of piperidine rings is 1. The van der Waals surface area contributed by atoms with Crippen molar-refractivity contribution in [3.05, 3.63) is 34.9 Å². The number of hydrogen-bond acceptors (Lipinski definition) is 7. The van der Waals surface area contributed by atoms with Crippen LogP contribution in [-0.2, 0) is 28.6 Å². The van der Waals surface area contributed by atoms with Crippen molar-refractivity contribution in [2.24, 2.45) is 0 Å². The third kappa shape index (κ3) is 4.65. The van der Waals surface area contributed by atoms with Crippen LogP contribution in [0.15, 0.2) is 24.3 Å². The molecule has 30 heavy (non-hydrogen) atoms. The summed E-state index contributed by atoms with van der Waals surface area (Å²) in [5, 5.41) is 10.2. The van der Waals surface area contributed by atoms with E-state index in [1.807, 2.05) is 0 Å². The number of rotatable bonds is 2. The predicted octanol–water partition coefficient (Wildman–Crippen LogP) is 1.12. The number of hydrogen-bond donors (Lipinski definition) is 2. The van der Waals surface area contributed by atoms with Gasteiger partial charge in [-0.25, -0.2) is 4.79 Å². The summed E-state index contributed by atoms with van der Waals surface area (Å²) in [5.74, 6) is -0.517. The van der Waals surface area contributed by atoms with Gasteiger partial charge in [-0.1, -0.05) is 29.8 Å². The molecule has 10 nitrogen and oxygen atoms in total. The summed E-state index contributed by atoms with van der Waals surface area (Å²) >= 11 is 6.26. The van der Waals surface area contributed by atoms with Crippen molar-refractivity contribution >= 4 is 36.0 Å². The minimum absolute atomic E-state index is 0.180. The fourth-order valence-corrected chi connectivity index (χ4v) is 3.97. The number of ether oxygens (including phenoxy) is 3. The first-order valence-corrected chi connectivity index (χ1v) is 9.65. The summed E-state index contributed by atoms with van der Waals surface area (Å²) in [6, 6.07) is 6.39. The van der Waals surface area contributed by atoms with Crippen LogP contribution in [0, 0.1) is 0 Å². The van der Waals surface area contributed by atoms with E-state index in [9.17, 15) is 14.4 Å². The number of amides is 2. The van der Waals surface area contributed by atoms with Gasteiger partial charge in [0.1, 0.15) is 13.2 Å². The summed E-state index contributed by atoms with van der Waals surface area (Å²) < 4.78 is 15.8. The Morgan fingerprint density at radius 2 is 1.93 bits per heavy atom. The number of cyclic esters (lactones) is 1. The molecule has 162 valence electrons. The highest BCUT2D eigenvalue weighted by Gasteiger charge is 2.47. The van der Waals surface area contributed by atoms with E-state index < -0.39 is 23.9 Å². The van der Waals surface area contributed by atoms with Gasteiger partial charge in [-0.3, -0.25) is 14.4 Å². The van der Waals surface area contributed by atoms with Crippen molar-refractivity contribution in [3.8, 4) is 0 Å². The number of benzene rings is 1. The van der Waals surface area contributed by atoms with Crippen LogP contribution in [0.1, 0.15) is 24.4 Å². The Morgan fingerprint density at radius 1 is 1.27 bits per heavy atom. The van der Waals surface area contributed by atoms with Crippen molar-refractivity contribution in [3.63, 3.8) is 0 Å². The highest BCUT2D eigenvalue weighted by molar-refractivity contribution is 6.31. The Morgan fingerprint density at radius 3 is 2.53 bits per heavy atom. The fraction of sp³-hybridized carbons (Fsp3) is 0.474. The second kappa shape index (κ2) is 9.31. The maximum Gasteiger partial charge on any atom is 0.509 e. The number of carbonyl (C=O) groups excluding carboxylic acids is 3. The van der Waals surface area contributed by atoms with Gasteiger partial charge in [0, 0.05) is 31.0 Å². The van der Waals surface area contributed by atoms with E-state index in [4.69, 9.17) is 35.7 Å². The molecular formula is C19H21ClN2O8. The Kier molecular flexibility index (Phi) is 6.78. The Bertz CT molecular complexity index is 825. The Hall–Kier alpha value is -2.85. The molecule has 3 aliphatic heterocycles. The average Bonchev–Trinajstić information content (AvgIpc) is 3.09. The normalized spacial score (nSPS) is 24.8. The van der Waals surface area contributed by atoms with Crippen molar-refractivity contribution in [2.75, 3.05) is 26.3 Å². The summed E-state index contributed by atoms with van der Waals surface area (Å²) in [5.41, 5.74) is -0.00496. The third-order valence-electron chi connectivity index (χ3n) is 5.24. The van der Waals surface area contributed by atoms with Crippen LogP contribution in [0.25, 0.3) is 0 Å². The molecule has 4 rings (SSSR count). The lowest BCUT2D eigenvalue weighted by Gasteiger charge is -2.40. The van der Waals surface area contributed by atoms with Crippen LogP contribution in [-0.4, -0.2) is 72.5 Å². The van der Waals surface area contributed by atoms with Gasteiger partial charge in [0.25, 0.3) is 12.4 Å². The van der Waals surface area contributed by atoms with Gasteiger partial charge >= 0.3 is 6.16 Å². The van der Waals surface area contributed by atoms with E-state index in [0.717, 1.165) is 0 Å². The maximum atomic E-state index is 13.1. The third-order valence-corrected chi connectivity index (χ3v) is 5.58. The zero-order valence-electron chi connectivity index (χ0n) is 15.9. The quantitative estimate of drug-likeness (QED) is 0.516. The first-order valence-electron chi connectivity index (χ1n) is 9.27. The summed E-state index contributed by atoms with van der Waals surface area (Å²) in [7, 11) is 0. The van der Waals surface area contributed by atoms with Gasteiger partial charge < -0.3 is 29.5 Å². The molecule has 0 saturated carbocycles. The van der Waals surface area contributed by atoms with E-state index in [1.165, 1.54) is 0 Å². The molecule has 0 aromatic heterocycles.